The molecule has 0 unspecified atom stereocenters. The van der Waals surface area contributed by atoms with Crippen LogP contribution >= 0.6 is 0 Å². The van der Waals surface area contributed by atoms with Crippen LogP contribution in [0.25, 0.3) is 0 Å². The van der Waals surface area contributed by atoms with Crippen LogP contribution in [-0.4, -0.2) is 23.8 Å². The zero-order valence-corrected chi connectivity index (χ0v) is 13.5. The normalized spacial score (nSPS) is 10.7. The van der Waals surface area contributed by atoms with Crippen LogP contribution in [0.4, 0.5) is 0 Å². The number of hydrogen-bond donors (Lipinski definition) is 2. The summed E-state index contributed by atoms with van der Waals surface area (Å²) in [7, 11) is 0. The Bertz CT molecular complexity index is 739. The first-order chi connectivity index (χ1) is 11.0. The van der Waals surface area contributed by atoms with Crippen LogP contribution in [-0.2, 0) is 4.79 Å². The van der Waals surface area contributed by atoms with Gasteiger partial charge in [-0.15, -0.1) is 0 Å². The number of ether oxygens (including phenoxy) is 1. The van der Waals surface area contributed by atoms with Crippen molar-refractivity contribution in [1.29, 1.82) is 0 Å². The largest absolute Gasteiger partial charge is 0.507 e. The van der Waals surface area contributed by atoms with Crippen LogP contribution in [0.3, 0.4) is 0 Å². The first kappa shape index (κ1) is 16.5. The first-order valence-corrected chi connectivity index (χ1v) is 7.28. The van der Waals surface area contributed by atoms with E-state index >= 15 is 0 Å². The van der Waals surface area contributed by atoms with Crippen LogP contribution in [0.2, 0.25) is 0 Å². The molecule has 0 aliphatic carbocycles. The van der Waals surface area contributed by atoms with E-state index in [4.69, 9.17) is 4.74 Å². The smallest absolute Gasteiger partial charge is 0.277 e. The van der Waals surface area contributed by atoms with Crippen molar-refractivity contribution in [2.75, 3.05) is 6.61 Å². The molecule has 0 aromatic heterocycles. The molecule has 5 nitrogen and oxygen atoms in total. The molecular weight excluding hydrogens is 292 g/mol. The molecule has 5 heteroatoms. The van der Waals surface area contributed by atoms with Gasteiger partial charge in [0.1, 0.15) is 11.5 Å². The van der Waals surface area contributed by atoms with E-state index in [2.05, 4.69) is 10.5 Å². The zero-order chi connectivity index (χ0) is 16.8. The number of benzene rings is 2. The number of rotatable bonds is 5. The fourth-order valence-electron chi connectivity index (χ4n) is 2.10. The molecule has 0 aliphatic rings. The Labute approximate surface area is 135 Å². The minimum atomic E-state index is -0.367. The summed E-state index contributed by atoms with van der Waals surface area (Å²) >= 11 is 0. The monoisotopic (exact) mass is 312 g/mol. The summed E-state index contributed by atoms with van der Waals surface area (Å²) < 4.78 is 5.46. The van der Waals surface area contributed by atoms with Crippen molar-refractivity contribution < 1.29 is 14.6 Å². The molecule has 2 rings (SSSR count). The molecule has 120 valence electrons. The molecule has 2 aromatic rings. The maximum Gasteiger partial charge on any atom is 0.277 e. The Morgan fingerprint density at radius 3 is 2.74 bits per heavy atom. The zero-order valence-electron chi connectivity index (χ0n) is 13.5. The molecule has 1 amide bonds. The van der Waals surface area contributed by atoms with E-state index in [-0.39, 0.29) is 18.3 Å². The van der Waals surface area contributed by atoms with Gasteiger partial charge in [-0.25, -0.2) is 5.43 Å². The van der Waals surface area contributed by atoms with E-state index in [1.807, 2.05) is 38.1 Å². The standard InChI is InChI=1S/C18H20N2O3/c1-12-7-8-16(14(3)9-12)23-11-17(21)20-19-10-15-6-4-5-13(2)18(15)22/h4-10,22H,11H2,1-3H3,(H,20,21)/b19-10+. The van der Waals surface area contributed by atoms with Gasteiger partial charge >= 0.3 is 0 Å². The van der Waals surface area contributed by atoms with Gasteiger partial charge in [0.25, 0.3) is 5.91 Å². The number of aryl methyl sites for hydroxylation is 3. The van der Waals surface area contributed by atoms with Crippen molar-refractivity contribution in [2.45, 2.75) is 20.8 Å². The number of carbonyl (C=O) groups is 1. The number of nitrogens with zero attached hydrogens (tertiary/aromatic N) is 1. The van der Waals surface area contributed by atoms with E-state index < -0.39 is 0 Å². The molecule has 0 spiro atoms. The van der Waals surface area contributed by atoms with Gasteiger partial charge in [-0.1, -0.05) is 29.8 Å². The fourth-order valence-corrected chi connectivity index (χ4v) is 2.10. The third kappa shape index (κ3) is 4.57. The minimum Gasteiger partial charge on any atom is -0.507 e. The number of para-hydroxylation sites is 1. The number of phenols is 1. The van der Waals surface area contributed by atoms with Crippen molar-refractivity contribution >= 4 is 12.1 Å². The Balaban J connectivity index is 1.87. The SMILES string of the molecule is Cc1ccc(OCC(=O)N/N=C/c2cccc(C)c2O)c(C)c1. The summed E-state index contributed by atoms with van der Waals surface area (Å²) in [4.78, 5) is 11.7. The van der Waals surface area contributed by atoms with Gasteiger partial charge in [0.15, 0.2) is 6.61 Å². The van der Waals surface area contributed by atoms with E-state index in [1.54, 1.807) is 19.1 Å². The van der Waals surface area contributed by atoms with Crippen molar-refractivity contribution in [3.63, 3.8) is 0 Å². The minimum absolute atomic E-state index is 0.124. The molecular formula is C18H20N2O3. The molecule has 0 fully saturated rings. The summed E-state index contributed by atoms with van der Waals surface area (Å²) in [5.41, 5.74) is 5.78. The molecule has 0 heterocycles. The third-order valence-corrected chi connectivity index (χ3v) is 3.35. The molecule has 2 N–H and O–H groups in total. The molecule has 0 aliphatic heterocycles. The number of carbonyl (C=O) groups excluding carboxylic acids is 1. The number of phenolic OH excluding ortho intramolecular Hbond substituents is 1. The quantitative estimate of drug-likeness (QED) is 0.659. The summed E-state index contributed by atoms with van der Waals surface area (Å²) in [6.45, 7) is 5.60. The molecule has 23 heavy (non-hydrogen) atoms. The van der Waals surface area contributed by atoms with Crippen molar-refractivity contribution in [3.8, 4) is 11.5 Å². The van der Waals surface area contributed by atoms with Crippen LogP contribution in [0, 0.1) is 20.8 Å². The summed E-state index contributed by atoms with van der Waals surface area (Å²) in [6, 6.07) is 11.1. The summed E-state index contributed by atoms with van der Waals surface area (Å²) in [5.74, 6) is 0.455. The maximum atomic E-state index is 11.7. The van der Waals surface area contributed by atoms with E-state index in [0.717, 1.165) is 16.7 Å². The average Bonchev–Trinajstić information content (AvgIpc) is 2.50. The maximum absolute atomic E-state index is 11.7. The van der Waals surface area contributed by atoms with Gasteiger partial charge in [0.2, 0.25) is 0 Å². The summed E-state index contributed by atoms with van der Waals surface area (Å²) in [5, 5.41) is 13.7. The number of hydrogen-bond acceptors (Lipinski definition) is 4. The highest BCUT2D eigenvalue weighted by Gasteiger charge is 2.05. The second-order valence-electron chi connectivity index (χ2n) is 5.36. The highest BCUT2D eigenvalue weighted by molar-refractivity contribution is 5.85. The van der Waals surface area contributed by atoms with Crippen LogP contribution in [0.1, 0.15) is 22.3 Å². The van der Waals surface area contributed by atoms with Gasteiger partial charge in [0.05, 0.1) is 6.21 Å². The number of nitrogens with one attached hydrogen (secondary N) is 1. The second kappa shape index (κ2) is 7.45. The second-order valence-corrected chi connectivity index (χ2v) is 5.36. The Morgan fingerprint density at radius 1 is 1.22 bits per heavy atom. The molecule has 2 aromatic carbocycles. The molecule has 0 radical (unpaired) electrons. The van der Waals surface area contributed by atoms with Crippen molar-refractivity contribution in [1.82, 2.24) is 5.43 Å². The predicted molar refractivity (Wildman–Crippen MR) is 90.0 cm³/mol. The predicted octanol–water partition coefficient (Wildman–Crippen LogP) is 2.85. The lowest BCUT2D eigenvalue weighted by atomic mass is 10.1. The van der Waals surface area contributed by atoms with Gasteiger partial charge in [-0.2, -0.15) is 5.10 Å². The topological polar surface area (TPSA) is 70.9 Å². The highest BCUT2D eigenvalue weighted by Crippen LogP contribution is 2.19. The van der Waals surface area contributed by atoms with E-state index in [9.17, 15) is 9.90 Å². The Kier molecular flexibility index (Phi) is 5.36. The Morgan fingerprint density at radius 2 is 2.00 bits per heavy atom. The number of amides is 1. The van der Waals surface area contributed by atoms with Crippen molar-refractivity contribution in [3.05, 3.63) is 58.7 Å². The third-order valence-electron chi connectivity index (χ3n) is 3.35. The van der Waals surface area contributed by atoms with Gasteiger partial charge in [-0.05, 0) is 44.0 Å². The van der Waals surface area contributed by atoms with E-state index in [0.29, 0.717) is 11.3 Å². The number of aromatic hydroxyl groups is 1. The summed E-state index contributed by atoms with van der Waals surface area (Å²) in [6.07, 6.45) is 1.40. The lowest BCUT2D eigenvalue weighted by molar-refractivity contribution is -0.123. The molecule has 0 bridgehead atoms. The molecule has 0 saturated carbocycles. The van der Waals surface area contributed by atoms with Gasteiger partial charge in [-0.3, -0.25) is 4.79 Å². The van der Waals surface area contributed by atoms with Crippen LogP contribution in [0.15, 0.2) is 41.5 Å². The highest BCUT2D eigenvalue weighted by atomic mass is 16.5. The van der Waals surface area contributed by atoms with Gasteiger partial charge < -0.3 is 9.84 Å². The molecule has 0 atom stereocenters. The lowest BCUT2D eigenvalue weighted by Gasteiger charge is -2.08. The van der Waals surface area contributed by atoms with E-state index in [1.165, 1.54) is 6.21 Å². The van der Waals surface area contributed by atoms with Crippen LogP contribution in [0.5, 0.6) is 11.5 Å². The Hall–Kier alpha value is -2.82. The average molecular weight is 312 g/mol. The fraction of sp³-hybridized carbons (Fsp3) is 0.222. The van der Waals surface area contributed by atoms with Crippen molar-refractivity contribution in [2.24, 2.45) is 5.10 Å². The first-order valence-electron chi connectivity index (χ1n) is 7.28. The molecule has 0 saturated heterocycles. The lowest BCUT2D eigenvalue weighted by Crippen LogP contribution is -2.24. The number of hydrazone groups is 1. The van der Waals surface area contributed by atoms with Crippen LogP contribution < -0.4 is 10.2 Å². The van der Waals surface area contributed by atoms with Gasteiger partial charge in [0, 0.05) is 5.56 Å².